The molecule has 0 amide bonds. The van der Waals surface area contributed by atoms with Crippen molar-refractivity contribution < 1.29 is 0 Å². The summed E-state index contributed by atoms with van der Waals surface area (Å²) in [5.74, 6) is 0. The SMILES string of the molecule is CCCCCCCCCCCCCCCCCCc1c(C=S)sc2ccsc12. The fourth-order valence-electron chi connectivity index (χ4n) is 4.07. The maximum atomic E-state index is 5.22. The molecule has 158 valence electrons. The van der Waals surface area contributed by atoms with Crippen molar-refractivity contribution in [2.45, 2.75) is 116 Å². The molecule has 0 aromatic carbocycles. The lowest BCUT2D eigenvalue weighted by atomic mass is 10.0. The molecule has 0 spiro atoms. The van der Waals surface area contributed by atoms with Crippen molar-refractivity contribution in [3.05, 3.63) is 21.9 Å². The van der Waals surface area contributed by atoms with Gasteiger partial charge in [-0.25, -0.2) is 0 Å². The first-order valence-electron chi connectivity index (χ1n) is 11.8. The zero-order valence-electron chi connectivity index (χ0n) is 18.0. The summed E-state index contributed by atoms with van der Waals surface area (Å²) in [7, 11) is 0. The molecule has 0 fully saturated rings. The Balaban J connectivity index is 1.38. The molecule has 0 saturated carbocycles. The van der Waals surface area contributed by atoms with E-state index in [-0.39, 0.29) is 0 Å². The van der Waals surface area contributed by atoms with Gasteiger partial charge in [-0.3, -0.25) is 0 Å². The molecule has 0 aliphatic carbocycles. The molecule has 0 aliphatic rings. The first-order valence-corrected chi connectivity index (χ1v) is 14.0. The van der Waals surface area contributed by atoms with Crippen molar-refractivity contribution in [3.8, 4) is 0 Å². The average molecular weight is 437 g/mol. The normalized spacial score (nSPS) is 11.5. The molecule has 0 N–H and O–H groups in total. The smallest absolute Gasteiger partial charge is 0.0489 e. The maximum Gasteiger partial charge on any atom is 0.0489 e. The fraction of sp³-hybridized carbons (Fsp3) is 0.720. The van der Waals surface area contributed by atoms with Gasteiger partial charge in [0.2, 0.25) is 0 Å². The van der Waals surface area contributed by atoms with Crippen LogP contribution in [0.4, 0.5) is 0 Å². The second-order valence-corrected chi connectivity index (χ2v) is 10.5. The molecule has 3 heteroatoms. The van der Waals surface area contributed by atoms with Crippen LogP contribution >= 0.6 is 34.9 Å². The Hall–Kier alpha value is -0.250. The summed E-state index contributed by atoms with van der Waals surface area (Å²) in [4.78, 5) is 1.33. The van der Waals surface area contributed by atoms with E-state index in [1.54, 1.807) is 0 Å². The van der Waals surface area contributed by atoms with E-state index >= 15 is 0 Å². The third-order valence-corrected chi connectivity index (χ3v) is 8.44. The van der Waals surface area contributed by atoms with Gasteiger partial charge in [0.1, 0.15) is 0 Å². The molecular weight excluding hydrogens is 396 g/mol. The molecular formula is C25H40S3. The van der Waals surface area contributed by atoms with Gasteiger partial charge in [0.25, 0.3) is 0 Å². The minimum atomic E-state index is 1.21. The van der Waals surface area contributed by atoms with Gasteiger partial charge in [0.15, 0.2) is 0 Å². The van der Waals surface area contributed by atoms with Crippen molar-refractivity contribution in [1.82, 2.24) is 0 Å². The molecule has 0 saturated heterocycles. The molecule has 2 rings (SSSR count). The van der Waals surface area contributed by atoms with Crippen molar-refractivity contribution in [2.24, 2.45) is 0 Å². The Morgan fingerprint density at radius 2 is 1.25 bits per heavy atom. The zero-order chi connectivity index (χ0) is 19.9. The highest BCUT2D eigenvalue weighted by Crippen LogP contribution is 2.35. The van der Waals surface area contributed by atoms with E-state index in [1.807, 2.05) is 28.0 Å². The van der Waals surface area contributed by atoms with Crippen LogP contribution in [-0.4, -0.2) is 5.37 Å². The van der Waals surface area contributed by atoms with Gasteiger partial charge < -0.3 is 0 Å². The molecule has 2 heterocycles. The van der Waals surface area contributed by atoms with Crippen LogP contribution in [0, 0.1) is 0 Å². The van der Waals surface area contributed by atoms with Crippen LogP contribution in [0.2, 0.25) is 0 Å². The second-order valence-electron chi connectivity index (χ2n) is 8.23. The van der Waals surface area contributed by atoms with E-state index in [4.69, 9.17) is 12.2 Å². The van der Waals surface area contributed by atoms with Crippen LogP contribution in [0.5, 0.6) is 0 Å². The van der Waals surface area contributed by atoms with E-state index in [2.05, 4.69) is 18.4 Å². The van der Waals surface area contributed by atoms with Crippen LogP contribution < -0.4 is 0 Å². The second kappa shape index (κ2) is 15.6. The Labute approximate surface area is 187 Å². The van der Waals surface area contributed by atoms with Gasteiger partial charge in [0.05, 0.1) is 0 Å². The summed E-state index contributed by atoms with van der Waals surface area (Å²) in [6.45, 7) is 2.30. The number of hydrogen-bond donors (Lipinski definition) is 0. The first-order chi connectivity index (χ1) is 13.9. The average Bonchev–Trinajstić information content (AvgIpc) is 3.29. The molecule has 2 aromatic rings. The number of rotatable bonds is 18. The molecule has 0 bridgehead atoms. The zero-order valence-corrected chi connectivity index (χ0v) is 20.4. The van der Waals surface area contributed by atoms with E-state index in [1.165, 1.54) is 129 Å². The Bertz CT molecular complexity index is 637. The highest BCUT2D eigenvalue weighted by atomic mass is 32.1. The van der Waals surface area contributed by atoms with Gasteiger partial charge >= 0.3 is 0 Å². The molecule has 28 heavy (non-hydrogen) atoms. The summed E-state index contributed by atoms with van der Waals surface area (Å²) in [5, 5.41) is 4.10. The van der Waals surface area contributed by atoms with E-state index in [9.17, 15) is 0 Å². The molecule has 0 aliphatic heterocycles. The van der Waals surface area contributed by atoms with Crippen molar-refractivity contribution in [2.75, 3.05) is 0 Å². The lowest BCUT2D eigenvalue weighted by Crippen LogP contribution is -1.88. The van der Waals surface area contributed by atoms with Crippen molar-refractivity contribution in [3.63, 3.8) is 0 Å². The molecule has 2 aromatic heterocycles. The minimum absolute atomic E-state index is 1.21. The van der Waals surface area contributed by atoms with E-state index < -0.39 is 0 Å². The van der Waals surface area contributed by atoms with Crippen LogP contribution in [0.15, 0.2) is 11.4 Å². The maximum absolute atomic E-state index is 5.22. The summed E-state index contributed by atoms with van der Waals surface area (Å²) >= 11 is 8.97. The van der Waals surface area contributed by atoms with Crippen LogP contribution in [-0.2, 0) is 6.42 Å². The number of thiocarbonyl (C=S) groups is 1. The lowest BCUT2D eigenvalue weighted by molar-refractivity contribution is 0.529. The highest BCUT2D eigenvalue weighted by molar-refractivity contribution is 7.79. The summed E-state index contributed by atoms with van der Waals surface area (Å²) in [5.41, 5.74) is 1.52. The summed E-state index contributed by atoms with van der Waals surface area (Å²) in [6.07, 6.45) is 24.1. The standard InChI is InChI=1S/C25H40S3/c1-2-3-4-5-6-7-8-9-10-11-12-13-14-15-16-17-18-22-24(21-26)28-23-19-20-27-25(22)23/h19-21H,2-18H2,1H3. The van der Waals surface area contributed by atoms with Gasteiger partial charge in [-0.15, -0.1) is 22.7 Å². The van der Waals surface area contributed by atoms with Crippen LogP contribution in [0.3, 0.4) is 0 Å². The van der Waals surface area contributed by atoms with Crippen molar-refractivity contribution >= 4 is 49.7 Å². The Morgan fingerprint density at radius 1 is 0.750 bits per heavy atom. The molecule has 0 radical (unpaired) electrons. The van der Waals surface area contributed by atoms with Crippen LogP contribution in [0.1, 0.15) is 120 Å². The first kappa shape index (κ1) is 24.0. The quantitative estimate of drug-likeness (QED) is 0.165. The monoisotopic (exact) mass is 436 g/mol. The number of fused-ring (bicyclic) bond motifs is 1. The topological polar surface area (TPSA) is 0 Å². The summed E-state index contributed by atoms with van der Waals surface area (Å²) < 4.78 is 2.91. The Kier molecular flexibility index (Phi) is 13.4. The fourth-order valence-corrected chi connectivity index (χ4v) is 6.62. The third-order valence-electron chi connectivity index (χ3n) is 5.81. The lowest BCUT2D eigenvalue weighted by Gasteiger charge is -2.04. The predicted octanol–water partition coefficient (Wildman–Crippen LogP) is 10.1. The predicted molar refractivity (Wildman–Crippen MR) is 136 cm³/mol. The van der Waals surface area contributed by atoms with E-state index in [0.29, 0.717) is 0 Å². The minimum Gasteiger partial charge on any atom is -0.143 e. The van der Waals surface area contributed by atoms with Gasteiger partial charge in [-0.05, 0) is 29.9 Å². The molecule has 0 atom stereocenters. The van der Waals surface area contributed by atoms with E-state index in [0.717, 1.165) is 0 Å². The molecule has 0 unspecified atom stereocenters. The van der Waals surface area contributed by atoms with Gasteiger partial charge in [-0.2, -0.15) is 0 Å². The number of thiophene rings is 2. The van der Waals surface area contributed by atoms with Gasteiger partial charge in [0, 0.05) is 19.6 Å². The van der Waals surface area contributed by atoms with Crippen LogP contribution in [0.25, 0.3) is 9.40 Å². The number of aryl methyl sites for hydroxylation is 1. The molecule has 0 nitrogen and oxygen atoms in total. The largest absolute Gasteiger partial charge is 0.143 e. The number of unbranched alkanes of at least 4 members (excludes halogenated alkanes) is 15. The van der Waals surface area contributed by atoms with Gasteiger partial charge in [-0.1, -0.05) is 115 Å². The Morgan fingerprint density at radius 3 is 1.75 bits per heavy atom. The van der Waals surface area contributed by atoms with Crippen molar-refractivity contribution in [1.29, 1.82) is 0 Å². The third kappa shape index (κ3) is 9.05. The summed E-state index contributed by atoms with van der Waals surface area (Å²) in [6, 6.07) is 2.24. The highest BCUT2D eigenvalue weighted by Gasteiger charge is 2.11. The number of hydrogen-bond acceptors (Lipinski definition) is 3.